The van der Waals surface area contributed by atoms with E-state index in [1.807, 2.05) is 18.2 Å². The molecule has 29 heavy (non-hydrogen) atoms. The van der Waals surface area contributed by atoms with Crippen LogP contribution < -0.4 is 20.1 Å². The van der Waals surface area contributed by atoms with Gasteiger partial charge in [-0.05, 0) is 43.3 Å². The Morgan fingerprint density at radius 2 is 1.72 bits per heavy atom. The minimum atomic E-state index is -0.413. The van der Waals surface area contributed by atoms with Crippen molar-refractivity contribution in [2.45, 2.75) is 6.92 Å². The van der Waals surface area contributed by atoms with Crippen molar-refractivity contribution >= 4 is 28.9 Å². The van der Waals surface area contributed by atoms with Crippen LogP contribution in [0.5, 0.6) is 11.5 Å². The van der Waals surface area contributed by atoms with E-state index in [-0.39, 0.29) is 11.5 Å². The molecule has 1 aliphatic rings. The second-order valence-corrected chi connectivity index (χ2v) is 6.38. The lowest BCUT2D eigenvalue weighted by atomic mass is 10.1. The summed E-state index contributed by atoms with van der Waals surface area (Å²) in [6.07, 6.45) is 0. The third kappa shape index (κ3) is 4.32. The summed E-state index contributed by atoms with van der Waals surface area (Å²) in [6.45, 7) is 2.52. The summed E-state index contributed by atoms with van der Waals surface area (Å²) in [4.78, 5) is 23.8. The van der Waals surface area contributed by atoms with E-state index in [9.17, 15) is 9.59 Å². The zero-order chi connectivity index (χ0) is 20.2. The van der Waals surface area contributed by atoms with Gasteiger partial charge < -0.3 is 20.1 Å². The van der Waals surface area contributed by atoms with Crippen LogP contribution >= 0.6 is 0 Å². The van der Waals surface area contributed by atoms with Crippen molar-refractivity contribution in [3.63, 3.8) is 0 Å². The Balaban J connectivity index is 1.43. The molecule has 146 valence electrons. The van der Waals surface area contributed by atoms with Crippen molar-refractivity contribution in [2.75, 3.05) is 23.8 Å². The fourth-order valence-electron chi connectivity index (χ4n) is 2.80. The van der Waals surface area contributed by atoms with Gasteiger partial charge in [-0.25, -0.2) is 0 Å². The van der Waals surface area contributed by atoms with Crippen LogP contribution in [0.3, 0.4) is 0 Å². The van der Waals surface area contributed by atoms with Crippen LogP contribution in [-0.4, -0.2) is 35.1 Å². The van der Waals surface area contributed by atoms with Gasteiger partial charge in [0.2, 0.25) is 0 Å². The quantitative estimate of drug-likeness (QED) is 0.643. The van der Waals surface area contributed by atoms with Crippen LogP contribution in [0.15, 0.2) is 54.6 Å². The number of Topliss-reactive ketones (excluding diaryl/α,β-unsaturated/α-hetero) is 1. The maximum Gasteiger partial charge on any atom is 0.276 e. The number of carbonyl (C=O) groups is 2. The molecule has 8 heteroatoms. The lowest BCUT2D eigenvalue weighted by Gasteiger charge is -2.19. The summed E-state index contributed by atoms with van der Waals surface area (Å²) < 4.78 is 11.1. The summed E-state index contributed by atoms with van der Waals surface area (Å²) in [7, 11) is 0. The Morgan fingerprint density at radius 1 is 0.897 bits per heavy atom. The number of anilines is 3. The highest BCUT2D eigenvalue weighted by Crippen LogP contribution is 2.33. The second-order valence-electron chi connectivity index (χ2n) is 6.38. The number of benzene rings is 2. The molecular formula is C21H18N4O4. The van der Waals surface area contributed by atoms with Crippen LogP contribution in [0.25, 0.3) is 0 Å². The largest absolute Gasteiger partial charge is 0.486 e. The number of hydrogen-bond acceptors (Lipinski definition) is 7. The normalized spacial score (nSPS) is 12.2. The third-order valence-corrected chi connectivity index (χ3v) is 4.24. The molecule has 0 unspecified atom stereocenters. The van der Waals surface area contributed by atoms with E-state index in [0.29, 0.717) is 41.8 Å². The minimum absolute atomic E-state index is 0.0736. The van der Waals surface area contributed by atoms with Gasteiger partial charge >= 0.3 is 0 Å². The average Bonchev–Trinajstić information content (AvgIpc) is 2.74. The van der Waals surface area contributed by atoms with E-state index in [0.717, 1.165) is 5.69 Å². The zero-order valence-electron chi connectivity index (χ0n) is 15.6. The number of ketones is 1. The van der Waals surface area contributed by atoms with Crippen molar-refractivity contribution in [3.8, 4) is 11.5 Å². The maximum atomic E-state index is 12.4. The molecule has 0 bridgehead atoms. The molecule has 1 aliphatic heterocycles. The van der Waals surface area contributed by atoms with E-state index < -0.39 is 5.91 Å². The number of nitrogens with one attached hydrogen (secondary N) is 2. The van der Waals surface area contributed by atoms with Gasteiger partial charge in [0.1, 0.15) is 13.2 Å². The molecule has 1 amide bonds. The number of carbonyl (C=O) groups excluding carboxylic acids is 2. The summed E-state index contributed by atoms with van der Waals surface area (Å²) in [5.74, 6) is 1.36. The van der Waals surface area contributed by atoms with Gasteiger partial charge in [0.05, 0.1) is 0 Å². The van der Waals surface area contributed by atoms with E-state index >= 15 is 0 Å². The molecule has 2 aromatic carbocycles. The van der Waals surface area contributed by atoms with Gasteiger partial charge in [-0.1, -0.05) is 12.1 Å². The van der Waals surface area contributed by atoms with E-state index in [2.05, 4.69) is 20.8 Å². The van der Waals surface area contributed by atoms with Gasteiger partial charge in [0.15, 0.2) is 28.8 Å². The van der Waals surface area contributed by atoms with Gasteiger partial charge in [0, 0.05) is 23.0 Å². The zero-order valence-corrected chi connectivity index (χ0v) is 15.6. The number of ether oxygens (including phenoxy) is 2. The minimum Gasteiger partial charge on any atom is -0.486 e. The van der Waals surface area contributed by atoms with Gasteiger partial charge in [-0.15, -0.1) is 10.2 Å². The first-order valence-electron chi connectivity index (χ1n) is 9.01. The number of aromatic nitrogens is 2. The Morgan fingerprint density at radius 3 is 2.48 bits per heavy atom. The SMILES string of the molecule is CC(=O)c1cccc(NC(=O)c2ccc(Nc3ccc4c(c3)OCCO4)nn2)c1. The van der Waals surface area contributed by atoms with Crippen molar-refractivity contribution in [1.82, 2.24) is 10.2 Å². The molecule has 0 radical (unpaired) electrons. The van der Waals surface area contributed by atoms with Crippen molar-refractivity contribution in [2.24, 2.45) is 0 Å². The summed E-state index contributed by atoms with van der Waals surface area (Å²) in [5, 5.41) is 13.8. The monoisotopic (exact) mass is 390 g/mol. The van der Waals surface area contributed by atoms with E-state index in [4.69, 9.17) is 9.47 Å². The smallest absolute Gasteiger partial charge is 0.276 e. The molecule has 2 N–H and O–H groups in total. The van der Waals surface area contributed by atoms with Gasteiger partial charge in [-0.3, -0.25) is 9.59 Å². The molecule has 0 aliphatic carbocycles. The first-order chi connectivity index (χ1) is 14.1. The molecule has 0 fully saturated rings. The van der Waals surface area contributed by atoms with Gasteiger partial charge in [0.25, 0.3) is 5.91 Å². The highest BCUT2D eigenvalue weighted by atomic mass is 16.6. The fourth-order valence-corrected chi connectivity index (χ4v) is 2.80. The van der Waals surface area contributed by atoms with Crippen LogP contribution in [0.4, 0.5) is 17.2 Å². The number of fused-ring (bicyclic) bond motifs is 1. The van der Waals surface area contributed by atoms with Crippen LogP contribution in [-0.2, 0) is 0 Å². The summed E-state index contributed by atoms with van der Waals surface area (Å²) in [6, 6.07) is 15.4. The number of rotatable bonds is 5. The number of amides is 1. The molecule has 1 aromatic heterocycles. The van der Waals surface area contributed by atoms with Crippen LogP contribution in [0.2, 0.25) is 0 Å². The van der Waals surface area contributed by atoms with Crippen LogP contribution in [0.1, 0.15) is 27.8 Å². The lowest BCUT2D eigenvalue weighted by Crippen LogP contribution is -2.15. The molecule has 0 saturated heterocycles. The lowest BCUT2D eigenvalue weighted by molar-refractivity contribution is 0.100. The summed E-state index contributed by atoms with van der Waals surface area (Å²) in [5.41, 5.74) is 1.96. The van der Waals surface area contributed by atoms with E-state index in [1.54, 1.807) is 36.4 Å². The highest BCUT2D eigenvalue weighted by molar-refractivity contribution is 6.03. The Hall–Kier alpha value is -3.94. The molecule has 0 spiro atoms. The van der Waals surface area contributed by atoms with Gasteiger partial charge in [-0.2, -0.15) is 0 Å². The third-order valence-electron chi connectivity index (χ3n) is 4.24. The number of hydrogen-bond donors (Lipinski definition) is 2. The second kappa shape index (κ2) is 7.97. The topological polar surface area (TPSA) is 102 Å². The molecule has 3 aromatic rings. The van der Waals surface area contributed by atoms with E-state index in [1.165, 1.54) is 6.92 Å². The van der Waals surface area contributed by atoms with Crippen molar-refractivity contribution < 1.29 is 19.1 Å². The molecule has 0 saturated carbocycles. The molecular weight excluding hydrogens is 372 g/mol. The first kappa shape index (κ1) is 18.4. The Kier molecular flexibility index (Phi) is 5.07. The predicted octanol–water partition coefficient (Wildman–Crippen LogP) is 3.45. The summed E-state index contributed by atoms with van der Waals surface area (Å²) >= 11 is 0. The maximum absolute atomic E-state index is 12.4. The Bertz CT molecular complexity index is 1070. The molecule has 0 atom stereocenters. The average molecular weight is 390 g/mol. The highest BCUT2D eigenvalue weighted by Gasteiger charge is 2.13. The predicted molar refractivity (Wildman–Crippen MR) is 107 cm³/mol. The Labute approximate surface area is 166 Å². The van der Waals surface area contributed by atoms with Crippen molar-refractivity contribution in [1.29, 1.82) is 0 Å². The van der Waals surface area contributed by atoms with Crippen LogP contribution in [0, 0.1) is 0 Å². The molecule has 8 nitrogen and oxygen atoms in total. The number of nitrogens with zero attached hydrogens (tertiary/aromatic N) is 2. The molecule has 4 rings (SSSR count). The fraction of sp³-hybridized carbons (Fsp3) is 0.143. The first-order valence-corrected chi connectivity index (χ1v) is 9.01. The van der Waals surface area contributed by atoms with Crippen molar-refractivity contribution in [3.05, 3.63) is 65.9 Å². The standard InChI is InChI=1S/C21H18N4O4/c1-13(26)14-3-2-4-15(11-14)23-21(27)17-6-8-20(25-24-17)22-16-5-7-18-19(12-16)29-10-9-28-18/h2-8,11-12H,9-10H2,1H3,(H,22,25)(H,23,27). The molecule has 2 heterocycles.